The van der Waals surface area contributed by atoms with Crippen LogP contribution in [0, 0.1) is 0 Å². The van der Waals surface area contributed by atoms with Gasteiger partial charge in [0.1, 0.15) is 0 Å². The van der Waals surface area contributed by atoms with Gasteiger partial charge in [-0.25, -0.2) is 0 Å². The fourth-order valence-electron chi connectivity index (χ4n) is 10.6. The molecule has 0 radical (unpaired) electrons. The Bertz CT molecular complexity index is 1150. The van der Waals surface area contributed by atoms with E-state index in [0.717, 1.165) is 44.9 Å². The Balaban J connectivity index is 3.45. The maximum atomic E-state index is 12.5. The molecule has 438 valence electrons. The van der Waals surface area contributed by atoms with Crippen LogP contribution in [-0.2, 0) is 14.3 Å². The van der Waals surface area contributed by atoms with Crippen LogP contribution in [0.4, 0.5) is 0 Å². The molecule has 1 amide bonds. The number of aliphatic hydroxyl groups is 2. The lowest BCUT2D eigenvalue weighted by Crippen LogP contribution is -2.45. The molecule has 0 fully saturated rings. The normalized spacial score (nSPS) is 12.6. The van der Waals surface area contributed by atoms with Crippen molar-refractivity contribution in [2.45, 2.75) is 386 Å². The number of nitrogens with one attached hydrogen (secondary N) is 1. The van der Waals surface area contributed by atoms with Crippen molar-refractivity contribution < 1.29 is 24.5 Å². The van der Waals surface area contributed by atoms with Crippen LogP contribution in [0.2, 0.25) is 0 Å². The molecule has 0 aromatic carbocycles. The van der Waals surface area contributed by atoms with Gasteiger partial charge in [-0.3, -0.25) is 9.59 Å². The van der Waals surface area contributed by atoms with Gasteiger partial charge >= 0.3 is 5.97 Å². The number of hydrogen-bond acceptors (Lipinski definition) is 5. The summed E-state index contributed by atoms with van der Waals surface area (Å²) in [4.78, 5) is 24.5. The van der Waals surface area contributed by atoms with Crippen LogP contribution >= 0.6 is 0 Å². The van der Waals surface area contributed by atoms with E-state index in [1.54, 1.807) is 0 Å². The molecule has 0 aliphatic rings. The number of rotatable bonds is 63. The monoisotopic (exact) mass is 1040 g/mol. The average molecular weight is 1040 g/mol. The molecule has 2 unspecified atom stereocenters. The van der Waals surface area contributed by atoms with Crippen molar-refractivity contribution >= 4 is 11.9 Å². The van der Waals surface area contributed by atoms with Crippen molar-refractivity contribution in [3.8, 4) is 0 Å². The minimum atomic E-state index is -0.672. The van der Waals surface area contributed by atoms with Gasteiger partial charge in [0.25, 0.3) is 0 Å². The molecule has 2 atom stereocenters. The van der Waals surface area contributed by atoms with Crippen molar-refractivity contribution in [1.29, 1.82) is 0 Å². The third kappa shape index (κ3) is 59.6. The molecule has 6 heteroatoms. The largest absolute Gasteiger partial charge is 0.466 e. The molecule has 0 aliphatic heterocycles. The predicted octanol–water partition coefficient (Wildman–Crippen LogP) is 21.4. The number of allylic oxidation sites excluding steroid dienone is 4. The van der Waals surface area contributed by atoms with Crippen LogP contribution in [0.15, 0.2) is 24.3 Å². The van der Waals surface area contributed by atoms with Crippen molar-refractivity contribution in [3.05, 3.63) is 24.3 Å². The van der Waals surface area contributed by atoms with Crippen molar-refractivity contribution in [3.63, 3.8) is 0 Å². The Morgan fingerprint density at radius 3 is 1.03 bits per heavy atom. The van der Waals surface area contributed by atoms with Crippen LogP contribution in [0.25, 0.3) is 0 Å². The van der Waals surface area contributed by atoms with Gasteiger partial charge in [-0.05, 0) is 57.8 Å². The Hall–Kier alpha value is -1.66. The summed E-state index contributed by atoms with van der Waals surface area (Å²) in [7, 11) is 0. The third-order valence-corrected chi connectivity index (χ3v) is 15.8. The summed E-state index contributed by atoms with van der Waals surface area (Å²) in [5.41, 5.74) is 0. The highest BCUT2D eigenvalue weighted by atomic mass is 16.5. The van der Waals surface area contributed by atoms with Crippen molar-refractivity contribution in [2.24, 2.45) is 0 Å². The smallest absolute Gasteiger partial charge is 0.305 e. The fraction of sp³-hybridized carbons (Fsp3) is 0.912. The number of carbonyl (C=O) groups is 2. The first kappa shape index (κ1) is 72.3. The van der Waals surface area contributed by atoms with Crippen molar-refractivity contribution in [1.82, 2.24) is 5.32 Å². The minimum absolute atomic E-state index is 0.00744. The lowest BCUT2D eigenvalue weighted by atomic mass is 10.0. The summed E-state index contributed by atoms with van der Waals surface area (Å²) in [5.74, 6) is -0.0338. The van der Waals surface area contributed by atoms with Gasteiger partial charge in [-0.1, -0.05) is 327 Å². The molecule has 0 bridgehead atoms. The molecule has 0 heterocycles. The Morgan fingerprint density at radius 2 is 0.676 bits per heavy atom. The van der Waals surface area contributed by atoms with E-state index in [1.807, 2.05) is 0 Å². The quantitative estimate of drug-likeness (QED) is 0.0320. The van der Waals surface area contributed by atoms with E-state index in [4.69, 9.17) is 4.74 Å². The number of ether oxygens (including phenoxy) is 1. The molecule has 0 aromatic heterocycles. The molecule has 0 saturated heterocycles. The molecule has 0 rings (SSSR count). The molecule has 3 N–H and O–H groups in total. The lowest BCUT2D eigenvalue weighted by molar-refractivity contribution is -0.143. The molecule has 0 aromatic rings. The van der Waals surface area contributed by atoms with Crippen LogP contribution in [-0.4, -0.2) is 47.4 Å². The molecule has 0 spiro atoms. The maximum absolute atomic E-state index is 12.5. The van der Waals surface area contributed by atoms with E-state index in [2.05, 4.69) is 43.5 Å². The number of carbonyl (C=O) groups excluding carboxylic acids is 2. The Kier molecular flexibility index (Phi) is 62.4. The summed E-state index contributed by atoms with van der Waals surface area (Å²) in [6.45, 7) is 4.97. The van der Waals surface area contributed by atoms with Crippen LogP contribution in [0.5, 0.6) is 0 Å². The minimum Gasteiger partial charge on any atom is -0.466 e. The zero-order valence-corrected chi connectivity index (χ0v) is 50.1. The van der Waals surface area contributed by atoms with Gasteiger partial charge in [0, 0.05) is 12.8 Å². The number of esters is 1. The molecule has 0 aliphatic carbocycles. The zero-order valence-electron chi connectivity index (χ0n) is 50.1. The second-order valence-electron chi connectivity index (χ2n) is 23.2. The van der Waals surface area contributed by atoms with Crippen LogP contribution in [0.3, 0.4) is 0 Å². The molecular formula is C68H131NO5. The summed E-state index contributed by atoms with van der Waals surface area (Å²) >= 11 is 0. The highest BCUT2D eigenvalue weighted by molar-refractivity contribution is 5.76. The summed E-state index contributed by atoms with van der Waals surface area (Å²) in [6.07, 6.45) is 79.2. The molecule has 6 nitrogen and oxygen atoms in total. The van der Waals surface area contributed by atoms with Crippen LogP contribution < -0.4 is 5.32 Å². The number of amides is 1. The van der Waals surface area contributed by atoms with Gasteiger partial charge in [0.15, 0.2) is 0 Å². The number of hydrogen-bond donors (Lipinski definition) is 3. The molecular weight excluding hydrogens is 911 g/mol. The Labute approximate surface area is 462 Å². The zero-order chi connectivity index (χ0) is 53.6. The third-order valence-electron chi connectivity index (χ3n) is 15.8. The first-order valence-electron chi connectivity index (χ1n) is 33.6. The second kappa shape index (κ2) is 63.9. The van der Waals surface area contributed by atoms with E-state index >= 15 is 0 Å². The topological polar surface area (TPSA) is 95.9 Å². The molecule has 0 saturated carbocycles. The summed E-state index contributed by atoms with van der Waals surface area (Å²) in [5, 5.41) is 23.4. The van der Waals surface area contributed by atoms with Gasteiger partial charge in [-0.15, -0.1) is 0 Å². The maximum Gasteiger partial charge on any atom is 0.305 e. The van der Waals surface area contributed by atoms with E-state index in [9.17, 15) is 19.8 Å². The summed E-state index contributed by atoms with van der Waals surface area (Å²) < 4.78 is 5.46. The van der Waals surface area contributed by atoms with E-state index in [-0.39, 0.29) is 18.5 Å². The van der Waals surface area contributed by atoms with E-state index < -0.39 is 12.1 Å². The van der Waals surface area contributed by atoms with Gasteiger partial charge in [-0.2, -0.15) is 0 Å². The highest BCUT2D eigenvalue weighted by Crippen LogP contribution is 2.18. The SMILES string of the molecule is CCCCCCCCCCCCCCCCCCCCCCCCCC(O)C(CO)NC(=O)CCCCCCCCC/C=C\C/C=C\CCCCCCCCCCCOC(=O)CCCCCCCCCCCCC. The van der Waals surface area contributed by atoms with E-state index in [0.29, 0.717) is 25.9 Å². The summed E-state index contributed by atoms with van der Waals surface area (Å²) in [6, 6.07) is -0.550. The standard InChI is InChI=1S/C68H131NO5/c1-3-5-7-9-11-13-15-16-17-18-19-20-22-25-28-31-34-37-41-44-48-52-56-60-66(71)65(64-70)69-67(72)61-57-53-49-45-42-38-35-32-29-26-23-21-24-27-30-33-36-39-43-47-51-55-59-63-74-68(73)62-58-54-50-46-40-14-12-10-8-6-4-2/h21,24,26,29,65-66,70-71H,3-20,22-23,25,27-28,30-64H2,1-2H3,(H,69,72)/b24-21-,29-26-. The highest BCUT2D eigenvalue weighted by Gasteiger charge is 2.20. The van der Waals surface area contributed by atoms with Crippen LogP contribution in [0.1, 0.15) is 373 Å². The Morgan fingerprint density at radius 1 is 0.378 bits per heavy atom. The first-order valence-corrected chi connectivity index (χ1v) is 33.6. The first-order chi connectivity index (χ1) is 36.5. The number of aliphatic hydroxyl groups excluding tert-OH is 2. The lowest BCUT2D eigenvalue weighted by Gasteiger charge is -2.22. The van der Waals surface area contributed by atoms with Crippen molar-refractivity contribution in [2.75, 3.05) is 13.2 Å². The fourth-order valence-corrected chi connectivity index (χ4v) is 10.6. The predicted molar refractivity (Wildman–Crippen MR) is 324 cm³/mol. The van der Waals surface area contributed by atoms with Gasteiger partial charge in [0.2, 0.25) is 5.91 Å². The average Bonchev–Trinajstić information content (AvgIpc) is 3.40. The molecule has 74 heavy (non-hydrogen) atoms. The van der Waals surface area contributed by atoms with Gasteiger partial charge < -0.3 is 20.3 Å². The van der Waals surface area contributed by atoms with E-state index in [1.165, 1.54) is 295 Å². The second-order valence-corrected chi connectivity index (χ2v) is 23.2. The number of unbranched alkanes of at least 4 members (excludes halogenated alkanes) is 48. The van der Waals surface area contributed by atoms with Gasteiger partial charge in [0.05, 0.1) is 25.4 Å².